The molecule has 0 saturated carbocycles. The maximum Gasteiger partial charge on any atom is 0.271 e. The number of aromatic nitrogens is 2. The minimum absolute atomic E-state index is 0.0185. The van der Waals surface area contributed by atoms with Crippen molar-refractivity contribution in [3.8, 4) is 0 Å². The quantitative estimate of drug-likeness (QED) is 0.282. The van der Waals surface area contributed by atoms with E-state index in [1.807, 2.05) is 29.8 Å². The van der Waals surface area contributed by atoms with Crippen molar-refractivity contribution >= 4 is 49.9 Å². The molecule has 5 aromatic rings. The zero-order valence-electron chi connectivity index (χ0n) is 19.6. The first-order valence-corrected chi connectivity index (χ1v) is 13.6. The molecule has 0 N–H and O–H groups in total. The van der Waals surface area contributed by atoms with Crippen LogP contribution in [0.15, 0.2) is 98.8 Å². The third kappa shape index (κ3) is 3.32. The van der Waals surface area contributed by atoms with Crippen LogP contribution in [0.1, 0.15) is 34.7 Å². The highest BCUT2D eigenvalue weighted by atomic mass is 79.9. The lowest BCUT2D eigenvalue weighted by molar-refractivity contribution is 0.585. The second-order valence-corrected chi connectivity index (χ2v) is 11.3. The van der Waals surface area contributed by atoms with Gasteiger partial charge in [-0.25, -0.2) is 4.99 Å². The molecule has 176 valence electrons. The van der Waals surface area contributed by atoms with Gasteiger partial charge in [-0.05, 0) is 53.8 Å². The molecule has 1 atom stereocenters. The van der Waals surface area contributed by atoms with Crippen LogP contribution in [0.3, 0.4) is 0 Å². The number of aryl methyl sites for hydroxylation is 2. The van der Waals surface area contributed by atoms with Gasteiger partial charge in [0.1, 0.15) is 0 Å². The normalized spacial score (nSPS) is 17.1. The Hall–Kier alpha value is -3.48. The molecule has 0 saturated heterocycles. The number of nitrogens with zero attached hydrogens (tertiary/aromatic N) is 3. The van der Waals surface area contributed by atoms with E-state index in [2.05, 4.69) is 87.4 Å². The van der Waals surface area contributed by atoms with E-state index in [-0.39, 0.29) is 11.6 Å². The fraction of sp³-hybridized carbons (Fsp3) is 0.133. The van der Waals surface area contributed by atoms with Gasteiger partial charge in [-0.15, -0.1) is 0 Å². The molecule has 6 heteroatoms. The average Bonchev–Trinajstić information content (AvgIpc) is 3.39. The van der Waals surface area contributed by atoms with Gasteiger partial charge in [0.2, 0.25) is 0 Å². The van der Waals surface area contributed by atoms with E-state index in [0.717, 1.165) is 49.8 Å². The SMILES string of the molecule is Cn1cc(C=c2sc3n(c2=O)C(c2ccc(Br)cc2)C2=C(N=3)c3ccccc3CC2)c2ccccc21. The second-order valence-electron chi connectivity index (χ2n) is 9.38. The molecule has 1 aliphatic heterocycles. The topological polar surface area (TPSA) is 39.3 Å². The highest BCUT2D eigenvalue weighted by molar-refractivity contribution is 9.10. The Labute approximate surface area is 220 Å². The fourth-order valence-electron chi connectivity index (χ4n) is 5.60. The summed E-state index contributed by atoms with van der Waals surface area (Å²) in [6.45, 7) is 0. The van der Waals surface area contributed by atoms with Gasteiger partial charge in [0.15, 0.2) is 4.80 Å². The van der Waals surface area contributed by atoms with Crippen LogP contribution >= 0.6 is 27.3 Å². The summed E-state index contributed by atoms with van der Waals surface area (Å²) in [6.07, 6.45) is 5.97. The van der Waals surface area contributed by atoms with E-state index < -0.39 is 0 Å². The summed E-state index contributed by atoms with van der Waals surface area (Å²) in [5.74, 6) is 0. The number of fused-ring (bicyclic) bond motifs is 4. The number of hydrogen-bond donors (Lipinski definition) is 0. The van der Waals surface area contributed by atoms with Crippen molar-refractivity contribution in [3.63, 3.8) is 0 Å². The summed E-state index contributed by atoms with van der Waals surface area (Å²) in [4.78, 5) is 19.9. The predicted octanol–water partition coefficient (Wildman–Crippen LogP) is 5.57. The molecule has 1 aliphatic carbocycles. The van der Waals surface area contributed by atoms with Crippen molar-refractivity contribution in [3.05, 3.63) is 131 Å². The van der Waals surface area contributed by atoms with Crippen molar-refractivity contribution in [2.75, 3.05) is 0 Å². The van der Waals surface area contributed by atoms with E-state index in [1.54, 1.807) is 0 Å². The maximum atomic E-state index is 14.0. The molecule has 3 heterocycles. The summed E-state index contributed by atoms with van der Waals surface area (Å²) in [5, 5.41) is 1.14. The minimum atomic E-state index is -0.160. The number of para-hydroxylation sites is 1. The molecular weight excluding hydrogens is 530 g/mol. The molecule has 7 rings (SSSR count). The summed E-state index contributed by atoms with van der Waals surface area (Å²) < 4.78 is 5.76. The zero-order chi connectivity index (χ0) is 24.4. The van der Waals surface area contributed by atoms with E-state index in [1.165, 1.54) is 28.0 Å². The first kappa shape index (κ1) is 21.8. The molecular formula is C30H22BrN3OS. The van der Waals surface area contributed by atoms with Crippen LogP contribution < -0.4 is 14.9 Å². The smallest absolute Gasteiger partial charge is 0.271 e. The second kappa shape index (κ2) is 8.29. The Morgan fingerprint density at radius 2 is 1.78 bits per heavy atom. The Bertz CT molecular complexity index is 1890. The van der Waals surface area contributed by atoms with Crippen LogP contribution in [0.4, 0.5) is 0 Å². The molecule has 1 unspecified atom stereocenters. The summed E-state index contributed by atoms with van der Waals surface area (Å²) in [5.41, 5.74) is 8.09. The number of allylic oxidation sites excluding steroid dienone is 1. The highest BCUT2D eigenvalue weighted by Gasteiger charge is 2.32. The molecule has 4 nitrogen and oxygen atoms in total. The molecule has 2 aliphatic rings. The molecule has 0 bridgehead atoms. The van der Waals surface area contributed by atoms with Crippen LogP contribution in [-0.4, -0.2) is 9.13 Å². The Kier molecular flexibility index (Phi) is 5.01. The van der Waals surface area contributed by atoms with Crippen LogP contribution in [0.25, 0.3) is 22.7 Å². The third-order valence-electron chi connectivity index (χ3n) is 7.27. The number of thiazole rings is 1. The molecule has 0 spiro atoms. The van der Waals surface area contributed by atoms with Crippen LogP contribution in [0.2, 0.25) is 0 Å². The number of halogens is 1. The minimum Gasteiger partial charge on any atom is -0.350 e. The van der Waals surface area contributed by atoms with Crippen LogP contribution in [0, 0.1) is 0 Å². The van der Waals surface area contributed by atoms with E-state index in [4.69, 9.17) is 4.99 Å². The van der Waals surface area contributed by atoms with Crippen molar-refractivity contribution in [2.24, 2.45) is 12.0 Å². The molecule has 2 aromatic heterocycles. The summed E-state index contributed by atoms with van der Waals surface area (Å²) in [6, 6.07) is 25.0. The van der Waals surface area contributed by atoms with Crippen molar-refractivity contribution in [2.45, 2.75) is 18.9 Å². The largest absolute Gasteiger partial charge is 0.350 e. The average molecular weight is 552 g/mol. The fourth-order valence-corrected chi connectivity index (χ4v) is 6.85. The van der Waals surface area contributed by atoms with Gasteiger partial charge < -0.3 is 4.57 Å². The van der Waals surface area contributed by atoms with E-state index >= 15 is 0 Å². The van der Waals surface area contributed by atoms with Gasteiger partial charge in [-0.1, -0.05) is 81.9 Å². The highest BCUT2D eigenvalue weighted by Crippen LogP contribution is 2.41. The first-order valence-electron chi connectivity index (χ1n) is 12.0. The molecule has 3 aromatic carbocycles. The zero-order valence-corrected chi connectivity index (χ0v) is 22.0. The summed E-state index contributed by atoms with van der Waals surface area (Å²) >= 11 is 5.05. The van der Waals surface area contributed by atoms with Crippen molar-refractivity contribution in [1.29, 1.82) is 0 Å². The Morgan fingerprint density at radius 3 is 2.64 bits per heavy atom. The molecule has 0 radical (unpaired) electrons. The maximum absolute atomic E-state index is 14.0. The lowest BCUT2D eigenvalue weighted by Crippen LogP contribution is -2.38. The van der Waals surface area contributed by atoms with Crippen molar-refractivity contribution in [1.82, 2.24) is 9.13 Å². The standard InChI is InChI=1S/C30H22BrN3OS/c1-33-17-20(22-7-4-5-9-25(22)33)16-26-29(35)34-28(19-10-13-21(31)14-11-19)24-15-12-18-6-2-3-8-23(18)27(24)32-30(34)36-26/h2-11,13-14,16-17,28H,12,15H2,1H3. The Balaban J connectivity index is 1.50. The van der Waals surface area contributed by atoms with Crippen molar-refractivity contribution < 1.29 is 0 Å². The monoisotopic (exact) mass is 551 g/mol. The summed E-state index contributed by atoms with van der Waals surface area (Å²) in [7, 11) is 2.04. The van der Waals surface area contributed by atoms with E-state index in [0.29, 0.717) is 4.53 Å². The Morgan fingerprint density at radius 1 is 1.00 bits per heavy atom. The molecule has 0 fully saturated rings. The molecule has 36 heavy (non-hydrogen) atoms. The predicted molar refractivity (Wildman–Crippen MR) is 150 cm³/mol. The lowest BCUT2D eigenvalue weighted by atomic mass is 9.83. The van der Waals surface area contributed by atoms with Gasteiger partial charge in [0, 0.05) is 39.7 Å². The van der Waals surface area contributed by atoms with E-state index in [9.17, 15) is 4.79 Å². The van der Waals surface area contributed by atoms with Gasteiger partial charge >= 0.3 is 0 Å². The third-order valence-corrected chi connectivity index (χ3v) is 8.78. The van der Waals surface area contributed by atoms with Gasteiger partial charge in [-0.2, -0.15) is 0 Å². The number of rotatable bonds is 2. The number of hydrogen-bond acceptors (Lipinski definition) is 3. The van der Waals surface area contributed by atoms with Gasteiger partial charge in [-0.3, -0.25) is 9.36 Å². The van der Waals surface area contributed by atoms with Gasteiger partial charge in [0.05, 0.1) is 16.3 Å². The first-order chi connectivity index (χ1) is 17.6. The van der Waals surface area contributed by atoms with Gasteiger partial charge in [0.25, 0.3) is 5.56 Å². The lowest BCUT2D eigenvalue weighted by Gasteiger charge is -2.30. The van der Waals surface area contributed by atoms with Crippen LogP contribution in [0.5, 0.6) is 0 Å². The molecule has 0 amide bonds. The number of benzene rings is 3. The van der Waals surface area contributed by atoms with Crippen LogP contribution in [-0.2, 0) is 13.5 Å².